The molecule has 0 amide bonds. The minimum atomic E-state index is -0.658. The van der Waals surface area contributed by atoms with E-state index in [1.54, 1.807) is 11.0 Å². The van der Waals surface area contributed by atoms with Gasteiger partial charge in [-0.2, -0.15) is 10.4 Å². The zero-order chi connectivity index (χ0) is 33.2. The summed E-state index contributed by atoms with van der Waals surface area (Å²) < 4.78 is 7.54. The number of ether oxygens (including phenoxy) is 1. The topological polar surface area (TPSA) is 67.0 Å². The van der Waals surface area contributed by atoms with Gasteiger partial charge in [-0.05, 0) is 78.8 Å². The van der Waals surface area contributed by atoms with Gasteiger partial charge >= 0.3 is 0 Å². The molecule has 6 nitrogen and oxygen atoms in total. The average molecular weight is 640 g/mol. The van der Waals surface area contributed by atoms with Crippen molar-refractivity contribution in [3.63, 3.8) is 0 Å². The second-order valence-electron chi connectivity index (χ2n) is 14.0. The fourth-order valence-corrected chi connectivity index (χ4v) is 6.44. The predicted molar refractivity (Wildman–Crippen MR) is 188 cm³/mol. The smallest absolute Gasteiger partial charge is 0.137 e. The average Bonchev–Trinajstić information content (AvgIpc) is 3.53. The van der Waals surface area contributed by atoms with Crippen LogP contribution in [0.1, 0.15) is 70.2 Å². The second-order valence-corrected chi connectivity index (χ2v) is 14.4. The van der Waals surface area contributed by atoms with E-state index in [0.717, 1.165) is 42.1 Å². The first-order valence-corrected chi connectivity index (χ1v) is 16.8. The summed E-state index contributed by atoms with van der Waals surface area (Å²) in [7, 11) is 0. The lowest BCUT2D eigenvalue weighted by Gasteiger charge is -2.36. The van der Waals surface area contributed by atoms with E-state index in [2.05, 4.69) is 86.9 Å². The molecule has 1 aliphatic heterocycles. The van der Waals surface area contributed by atoms with Crippen LogP contribution >= 0.6 is 11.6 Å². The van der Waals surface area contributed by atoms with Gasteiger partial charge in [-0.25, -0.2) is 4.98 Å². The maximum Gasteiger partial charge on any atom is 0.137 e. The summed E-state index contributed by atoms with van der Waals surface area (Å²) in [6.07, 6.45) is 6.50. The Morgan fingerprint density at radius 3 is 2.11 bits per heavy atom. The number of morpholine rings is 1. The maximum absolute atomic E-state index is 10.0. The van der Waals surface area contributed by atoms with Gasteiger partial charge in [0.1, 0.15) is 18.1 Å². The van der Waals surface area contributed by atoms with Crippen LogP contribution in [0.3, 0.4) is 0 Å². The summed E-state index contributed by atoms with van der Waals surface area (Å²) in [4.78, 5) is 6.55. The molecular formula is C39H50ClN5O. The van der Waals surface area contributed by atoms with Gasteiger partial charge in [0.05, 0.1) is 24.8 Å². The zero-order valence-corrected chi connectivity index (χ0v) is 29.1. The largest absolute Gasteiger partial charge is 0.373 e. The zero-order valence-electron chi connectivity index (χ0n) is 28.4. The number of nitrogens with zero attached hydrogens (tertiary/aromatic N) is 5. The molecule has 1 fully saturated rings. The van der Waals surface area contributed by atoms with E-state index in [-0.39, 0.29) is 5.41 Å². The molecule has 0 saturated carbocycles. The molecule has 1 aromatic heterocycles. The minimum Gasteiger partial charge on any atom is -0.373 e. The molecular weight excluding hydrogens is 590 g/mol. The normalized spacial score (nSPS) is 18.9. The van der Waals surface area contributed by atoms with Crippen molar-refractivity contribution in [1.82, 2.24) is 19.7 Å². The molecule has 2 heterocycles. The Bertz CT molecular complexity index is 1480. The monoisotopic (exact) mass is 639 g/mol. The van der Waals surface area contributed by atoms with Crippen molar-refractivity contribution in [1.29, 1.82) is 5.26 Å². The molecule has 1 aliphatic rings. The standard InChI is InChI=1S/C20H33NO.C19H17ClN4/c1-15(12-21-13-16(2)22-17(3)14-21)11-18-7-9-19(10-8-18)20(4,5)6;20-18-8-6-16(7-9-18)10-11-19(12-21,13-24-15-22-14-23-24)17-4-2-1-3-5-17/h7-10,15-17H,11-14H2,1-6H3;1-9,14-15H,10-11,13H2/t15?,16-,17+;. The number of aromatic nitrogens is 3. The third-order valence-corrected chi connectivity index (χ3v) is 8.91. The second kappa shape index (κ2) is 16.4. The van der Waals surface area contributed by atoms with E-state index in [1.165, 1.54) is 24.0 Å². The van der Waals surface area contributed by atoms with Crippen LogP contribution in [0.4, 0.5) is 0 Å². The van der Waals surface area contributed by atoms with E-state index >= 15 is 0 Å². The van der Waals surface area contributed by atoms with Crippen LogP contribution in [-0.4, -0.2) is 51.5 Å². The fraction of sp³-hybridized carbons (Fsp3) is 0.462. The lowest BCUT2D eigenvalue weighted by molar-refractivity contribution is -0.0708. The first kappa shape index (κ1) is 35.4. The Balaban J connectivity index is 0.000000210. The molecule has 4 aromatic rings. The summed E-state index contributed by atoms with van der Waals surface area (Å²) in [5.41, 5.74) is 4.61. The van der Waals surface area contributed by atoms with Crippen molar-refractivity contribution < 1.29 is 4.74 Å². The van der Waals surface area contributed by atoms with Gasteiger partial charge in [-0.3, -0.25) is 9.58 Å². The summed E-state index contributed by atoms with van der Waals surface area (Å²) in [6, 6.07) is 29.4. The van der Waals surface area contributed by atoms with Gasteiger partial charge in [0.15, 0.2) is 0 Å². The Hall–Kier alpha value is -3.50. The van der Waals surface area contributed by atoms with Crippen molar-refractivity contribution >= 4 is 11.6 Å². The number of rotatable bonds is 10. The summed E-state index contributed by atoms with van der Waals surface area (Å²) in [6.45, 7) is 17.3. The molecule has 3 aromatic carbocycles. The van der Waals surface area contributed by atoms with E-state index in [9.17, 15) is 5.26 Å². The van der Waals surface area contributed by atoms with Crippen molar-refractivity contribution in [3.05, 3.63) is 119 Å². The van der Waals surface area contributed by atoms with Crippen LogP contribution in [0.15, 0.2) is 91.5 Å². The highest BCUT2D eigenvalue weighted by atomic mass is 35.5. The van der Waals surface area contributed by atoms with Crippen LogP contribution in [0.5, 0.6) is 0 Å². The number of nitriles is 1. The number of halogens is 1. The van der Waals surface area contributed by atoms with Crippen molar-refractivity contribution in [2.75, 3.05) is 19.6 Å². The van der Waals surface area contributed by atoms with Crippen molar-refractivity contribution in [2.24, 2.45) is 5.92 Å². The molecule has 0 radical (unpaired) electrons. The van der Waals surface area contributed by atoms with Gasteiger partial charge in [-0.1, -0.05) is 106 Å². The van der Waals surface area contributed by atoms with Gasteiger partial charge in [0, 0.05) is 24.7 Å². The van der Waals surface area contributed by atoms with Crippen LogP contribution in [-0.2, 0) is 35.0 Å². The van der Waals surface area contributed by atoms with E-state index in [0.29, 0.717) is 31.1 Å². The summed E-state index contributed by atoms with van der Waals surface area (Å²) in [5, 5.41) is 14.9. The third kappa shape index (κ3) is 10.5. The van der Waals surface area contributed by atoms with Gasteiger partial charge in [-0.15, -0.1) is 0 Å². The fourth-order valence-electron chi connectivity index (χ4n) is 6.31. The van der Waals surface area contributed by atoms with E-state index in [1.807, 2.05) is 54.6 Å². The third-order valence-electron chi connectivity index (χ3n) is 8.66. The first-order valence-electron chi connectivity index (χ1n) is 16.5. The molecule has 0 spiro atoms. The van der Waals surface area contributed by atoms with Gasteiger partial charge in [0.2, 0.25) is 0 Å². The summed E-state index contributed by atoms with van der Waals surface area (Å²) in [5.74, 6) is 0.679. The van der Waals surface area contributed by atoms with Crippen LogP contribution in [0.25, 0.3) is 0 Å². The van der Waals surface area contributed by atoms with Gasteiger partial charge < -0.3 is 4.74 Å². The molecule has 0 N–H and O–H groups in total. The molecule has 244 valence electrons. The Morgan fingerprint density at radius 2 is 1.54 bits per heavy atom. The van der Waals surface area contributed by atoms with E-state index in [4.69, 9.17) is 16.3 Å². The predicted octanol–water partition coefficient (Wildman–Crippen LogP) is 8.30. The molecule has 46 heavy (non-hydrogen) atoms. The number of benzene rings is 3. The number of aryl methyl sites for hydroxylation is 1. The van der Waals surface area contributed by atoms with Crippen molar-refractivity contribution in [2.45, 2.75) is 90.4 Å². The number of hydrogen-bond acceptors (Lipinski definition) is 5. The lowest BCUT2D eigenvalue weighted by Crippen LogP contribution is -2.47. The molecule has 0 bridgehead atoms. The van der Waals surface area contributed by atoms with Crippen LogP contribution < -0.4 is 0 Å². The summed E-state index contributed by atoms with van der Waals surface area (Å²) >= 11 is 5.95. The van der Waals surface area contributed by atoms with Crippen LogP contribution in [0, 0.1) is 17.2 Å². The Kier molecular flexibility index (Phi) is 12.6. The minimum absolute atomic E-state index is 0.240. The lowest BCUT2D eigenvalue weighted by atomic mass is 9.77. The molecule has 1 saturated heterocycles. The Labute approximate surface area is 281 Å². The Morgan fingerprint density at radius 1 is 0.913 bits per heavy atom. The van der Waals surface area contributed by atoms with Gasteiger partial charge in [0.25, 0.3) is 0 Å². The maximum atomic E-state index is 10.0. The highest BCUT2D eigenvalue weighted by Gasteiger charge is 2.33. The first-order chi connectivity index (χ1) is 22.0. The highest BCUT2D eigenvalue weighted by Crippen LogP contribution is 2.31. The molecule has 5 rings (SSSR count). The highest BCUT2D eigenvalue weighted by molar-refractivity contribution is 6.30. The van der Waals surface area contributed by atoms with Crippen LogP contribution in [0.2, 0.25) is 5.02 Å². The molecule has 7 heteroatoms. The van der Waals surface area contributed by atoms with E-state index < -0.39 is 5.41 Å². The SMILES string of the molecule is CC(Cc1ccc(C(C)(C)C)cc1)CN1C[C@@H](C)O[C@@H](C)C1.N#CC(CCc1ccc(Cl)cc1)(Cn1cncn1)c1ccccc1. The number of hydrogen-bond donors (Lipinski definition) is 0. The molecule has 0 aliphatic carbocycles. The molecule has 2 unspecified atom stereocenters. The quantitative estimate of drug-likeness (QED) is 0.175. The van der Waals surface area contributed by atoms with Crippen molar-refractivity contribution in [3.8, 4) is 6.07 Å². The molecule has 4 atom stereocenters.